The Hall–Kier alpha value is -2.44. The van der Waals surface area contributed by atoms with Crippen LogP contribution in [0.25, 0.3) is 0 Å². The second kappa shape index (κ2) is 8.78. The topological polar surface area (TPSA) is 77.1 Å². The highest BCUT2D eigenvalue weighted by Crippen LogP contribution is 2.36. The number of carbonyl (C=O) groups is 2. The molecule has 1 aromatic rings. The fraction of sp³-hybridized carbons (Fsp3) is 0.579. The zero-order chi connectivity index (χ0) is 19.3. The van der Waals surface area contributed by atoms with Gasteiger partial charge in [-0.05, 0) is 12.3 Å². The van der Waals surface area contributed by atoms with E-state index >= 15 is 0 Å². The normalized spacial score (nSPS) is 19.2. The number of hydrogen-bond acceptors (Lipinski definition) is 5. The molecule has 0 aromatic heterocycles. The lowest BCUT2D eigenvalue weighted by Crippen LogP contribution is -2.39. The SMILES string of the molecule is CCCC1CN(C(=O)c2cc(OC)c(OC)cc2OC)CC1NC(C)=O. The van der Waals surface area contributed by atoms with Crippen molar-refractivity contribution in [2.75, 3.05) is 34.4 Å². The van der Waals surface area contributed by atoms with Gasteiger partial charge >= 0.3 is 0 Å². The van der Waals surface area contributed by atoms with Crippen molar-refractivity contribution in [3.05, 3.63) is 17.7 Å². The van der Waals surface area contributed by atoms with E-state index < -0.39 is 0 Å². The Bertz CT molecular complexity index is 662. The van der Waals surface area contributed by atoms with Gasteiger partial charge in [-0.1, -0.05) is 13.3 Å². The number of benzene rings is 1. The molecule has 26 heavy (non-hydrogen) atoms. The van der Waals surface area contributed by atoms with E-state index in [9.17, 15) is 9.59 Å². The average Bonchev–Trinajstić information content (AvgIpc) is 3.02. The number of hydrogen-bond donors (Lipinski definition) is 1. The Morgan fingerprint density at radius 3 is 2.23 bits per heavy atom. The minimum Gasteiger partial charge on any atom is -0.496 e. The first-order valence-corrected chi connectivity index (χ1v) is 8.81. The Balaban J connectivity index is 2.29. The molecule has 1 aliphatic rings. The van der Waals surface area contributed by atoms with Gasteiger partial charge in [0, 0.05) is 32.1 Å². The van der Waals surface area contributed by atoms with Crippen molar-refractivity contribution in [2.45, 2.75) is 32.7 Å². The Labute approximate surface area is 154 Å². The van der Waals surface area contributed by atoms with Crippen molar-refractivity contribution in [3.8, 4) is 17.2 Å². The molecule has 0 bridgehead atoms. The van der Waals surface area contributed by atoms with Crippen molar-refractivity contribution in [2.24, 2.45) is 5.92 Å². The first kappa shape index (κ1) is 19.9. The van der Waals surface area contributed by atoms with Crippen molar-refractivity contribution in [1.29, 1.82) is 0 Å². The van der Waals surface area contributed by atoms with E-state index in [1.807, 2.05) is 0 Å². The Morgan fingerprint density at radius 1 is 1.08 bits per heavy atom. The summed E-state index contributed by atoms with van der Waals surface area (Å²) in [5.41, 5.74) is 0.420. The van der Waals surface area contributed by atoms with Gasteiger partial charge in [-0.2, -0.15) is 0 Å². The summed E-state index contributed by atoms with van der Waals surface area (Å²) < 4.78 is 16.0. The van der Waals surface area contributed by atoms with Gasteiger partial charge in [0.2, 0.25) is 5.91 Å². The van der Waals surface area contributed by atoms with Gasteiger partial charge in [-0.15, -0.1) is 0 Å². The number of nitrogens with zero attached hydrogens (tertiary/aromatic N) is 1. The molecule has 2 unspecified atom stereocenters. The molecule has 7 nitrogen and oxygen atoms in total. The van der Waals surface area contributed by atoms with Crippen molar-refractivity contribution in [3.63, 3.8) is 0 Å². The number of carbonyl (C=O) groups excluding carboxylic acids is 2. The summed E-state index contributed by atoms with van der Waals surface area (Å²) in [6, 6.07) is 3.26. The third-order valence-corrected chi connectivity index (χ3v) is 4.71. The molecule has 2 rings (SSSR count). The molecule has 0 saturated carbocycles. The van der Waals surface area contributed by atoms with E-state index in [1.165, 1.54) is 28.3 Å². The van der Waals surface area contributed by atoms with Crippen LogP contribution in [0.1, 0.15) is 37.0 Å². The van der Waals surface area contributed by atoms with E-state index in [-0.39, 0.29) is 23.8 Å². The largest absolute Gasteiger partial charge is 0.496 e. The predicted molar refractivity (Wildman–Crippen MR) is 98.0 cm³/mol. The number of rotatable bonds is 7. The van der Waals surface area contributed by atoms with Gasteiger partial charge in [-0.3, -0.25) is 9.59 Å². The quantitative estimate of drug-likeness (QED) is 0.802. The smallest absolute Gasteiger partial charge is 0.257 e. The third-order valence-electron chi connectivity index (χ3n) is 4.71. The van der Waals surface area contributed by atoms with Crippen LogP contribution in [0.2, 0.25) is 0 Å². The van der Waals surface area contributed by atoms with Crippen LogP contribution in [-0.4, -0.2) is 57.2 Å². The number of ether oxygens (including phenoxy) is 3. The molecule has 1 N–H and O–H groups in total. The van der Waals surface area contributed by atoms with Crippen molar-refractivity contribution in [1.82, 2.24) is 10.2 Å². The molecule has 144 valence electrons. The van der Waals surface area contributed by atoms with E-state index in [4.69, 9.17) is 14.2 Å². The minimum absolute atomic E-state index is 0.0254. The lowest BCUT2D eigenvalue weighted by molar-refractivity contribution is -0.119. The summed E-state index contributed by atoms with van der Waals surface area (Å²) in [5, 5.41) is 2.97. The van der Waals surface area contributed by atoms with Gasteiger partial charge in [0.1, 0.15) is 5.75 Å². The zero-order valence-electron chi connectivity index (χ0n) is 16.1. The van der Waals surface area contributed by atoms with E-state index in [2.05, 4.69) is 12.2 Å². The fourth-order valence-corrected chi connectivity index (χ4v) is 3.49. The van der Waals surface area contributed by atoms with Gasteiger partial charge in [0.15, 0.2) is 11.5 Å². The highest BCUT2D eigenvalue weighted by atomic mass is 16.5. The van der Waals surface area contributed by atoms with Crippen molar-refractivity contribution < 1.29 is 23.8 Å². The molecular weight excluding hydrogens is 336 g/mol. The van der Waals surface area contributed by atoms with E-state index in [0.717, 1.165) is 12.8 Å². The maximum absolute atomic E-state index is 13.1. The molecule has 0 aliphatic carbocycles. The highest BCUT2D eigenvalue weighted by molar-refractivity contribution is 5.98. The summed E-state index contributed by atoms with van der Waals surface area (Å²) in [4.78, 5) is 26.4. The van der Waals surface area contributed by atoms with Crippen LogP contribution in [0.5, 0.6) is 17.2 Å². The van der Waals surface area contributed by atoms with Crippen LogP contribution in [-0.2, 0) is 4.79 Å². The van der Waals surface area contributed by atoms with Crippen molar-refractivity contribution >= 4 is 11.8 Å². The first-order chi connectivity index (χ1) is 12.4. The standard InChI is InChI=1S/C19H28N2O5/c1-6-7-13-10-21(11-15(13)20-12(2)22)19(23)14-8-17(25-4)18(26-5)9-16(14)24-3/h8-9,13,15H,6-7,10-11H2,1-5H3,(H,20,22). The Kier molecular flexibility index (Phi) is 6.71. The van der Waals surface area contributed by atoms with Crippen LogP contribution < -0.4 is 19.5 Å². The van der Waals surface area contributed by atoms with Gasteiger partial charge < -0.3 is 24.4 Å². The summed E-state index contributed by atoms with van der Waals surface area (Å²) in [5.74, 6) is 1.44. The van der Waals surface area contributed by atoms with Gasteiger partial charge in [0.25, 0.3) is 5.91 Å². The number of amides is 2. The zero-order valence-corrected chi connectivity index (χ0v) is 16.1. The molecule has 1 aromatic carbocycles. The lowest BCUT2D eigenvalue weighted by atomic mass is 9.98. The molecule has 1 aliphatic heterocycles. The molecule has 0 radical (unpaired) electrons. The number of nitrogens with one attached hydrogen (secondary N) is 1. The molecule has 1 saturated heterocycles. The third kappa shape index (κ3) is 4.20. The van der Waals surface area contributed by atoms with Gasteiger partial charge in [0.05, 0.1) is 32.9 Å². The molecule has 7 heteroatoms. The maximum atomic E-state index is 13.1. The molecule has 1 heterocycles. The average molecular weight is 364 g/mol. The van der Waals surface area contributed by atoms with E-state index in [0.29, 0.717) is 35.9 Å². The maximum Gasteiger partial charge on any atom is 0.257 e. The fourth-order valence-electron chi connectivity index (χ4n) is 3.49. The second-order valence-corrected chi connectivity index (χ2v) is 6.47. The summed E-state index contributed by atoms with van der Waals surface area (Å²) >= 11 is 0. The molecule has 2 amide bonds. The predicted octanol–water partition coefficient (Wildman–Crippen LogP) is 2.09. The van der Waals surface area contributed by atoms with Crippen LogP contribution in [0, 0.1) is 5.92 Å². The first-order valence-electron chi connectivity index (χ1n) is 8.81. The summed E-state index contributed by atoms with van der Waals surface area (Å²) in [6.07, 6.45) is 1.96. The van der Waals surface area contributed by atoms with Crippen LogP contribution in [0.4, 0.5) is 0 Å². The van der Waals surface area contributed by atoms with Gasteiger partial charge in [-0.25, -0.2) is 0 Å². The monoisotopic (exact) mass is 364 g/mol. The number of likely N-dealkylation sites (tertiary alicyclic amines) is 1. The number of methoxy groups -OCH3 is 3. The summed E-state index contributed by atoms with van der Waals surface area (Å²) in [7, 11) is 4.58. The van der Waals surface area contributed by atoms with Crippen LogP contribution in [0.15, 0.2) is 12.1 Å². The molecule has 2 atom stereocenters. The summed E-state index contributed by atoms with van der Waals surface area (Å²) in [6.45, 7) is 4.70. The highest BCUT2D eigenvalue weighted by Gasteiger charge is 2.36. The molecule has 0 spiro atoms. The van der Waals surface area contributed by atoms with Crippen LogP contribution in [0.3, 0.4) is 0 Å². The Morgan fingerprint density at radius 2 is 1.69 bits per heavy atom. The lowest BCUT2D eigenvalue weighted by Gasteiger charge is -2.19. The van der Waals surface area contributed by atoms with Crippen LogP contribution >= 0.6 is 0 Å². The van der Waals surface area contributed by atoms with E-state index in [1.54, 1.807) is 17.0 Å². The second-order valence-electron chi connectivity index (χ2n) is 6.47. The minimum atomic E-state index is -0.142. The molecule has 1 fully saturated rings. The molecular formula is C19H28N2O5.